The maximum atomic E-state index is 3.71. The van der Waals surface area contributed by atoms with Gasteiger partial charge in [-0.15, -0.1) is 0 Å². The van der Waals surface area contributed by atoms with Crippen LogP contribution >= 0.6 is 0 Å². The number of aromatic nitrogens is 1. The SMILES string of the molecule is c1ccc(C[C@@H](c2ccc(-c3ccccc3)[nH]2)N2Cc3ccccc3C2)cc1. The second-order valence-corrected chi connectivity index (χ2v) is 7.57. The van der Waals surface area contributed by atoms with Gasteiger partial charge in [0.15, 0.2) is 0 Å². The number of rotatable bonds is 5. The summed E-state index contributed by atoms with van der Waals surface area (Å²) in [6, 6.07) is 35.0. The van der Waals surface area contributed by atoms with Gasteiger partial charge in [-0.25, -0.2) is 0 Å². The van der Waals surface area contributed by atoms with Crippen LogP contribution in [0.1, 0.15) is 28.4 Å². The molecule has 0 saturated carbocycles. The highest BCUT2D eigenvalue weighted by atomic mass is 15.2. The lowest BCUT2D eigenvalue weighted by Gasteiger charge is -2.27. The molecule has 0 saturated heterocycles. The number of H-pyrrole nitrogens is 1. The Morgan fingerprint density at radius 2 is 1.29 bits per heavy atom. The molecular formula is C26H24N2. The zero-order chi connectivity index (χ0) is 18.8. The fourth-order valence-corrected chi connectivity index (χ4v) is 4.25. The number of nitrogens with one attached hydrogen (secondary N) is 1. The van der Waals surface area contributed by atoms with Crippen molar-refractivity contribution >= 4 is 0 Å². The molecule has 0 unspecified atom stereocenters. The third kappa shape index (κ3) is 3.39. The first kappa shape index (κ1) is 17.0. The van der Waals surface area contributed by atoms with Crippen LogP contribution in [0.15, 0.2) is 97.1 Å². The fourth-order valence-electron chi connectivity index (χ4n) is 4.25. The van der Waals surface area contributed by atoms with Crippen molar-refractivity contribution in [3.63, 3.8) is 0 Å². The average molecular weight is 364 g/mol. The predicted molar refractivity (Wildman–Crippen MR) is 115 cm³/mol. The van der Waals surface area contributed by atoms with Crippen LogP contribution in [-0.4, -0.2) is 9.88 Å². The number of fused-ring (bicyclic) bond motifs is 1. The van der Waals surface area contributed by atoms with E-state index in [2.05, 4.69) is 107 Å². The lowest BCUT2D eigenvalue weighted by atomic mass is 10.0. The molecule has 1 atom stereocenters. The lowest BCUT2D eigenvalue weighted by molar-refractivity contribution is 0.195. The van der Waals surface area contributed by atoms with Gasteiger partial charge in [0.05, 0.1) is 6.04 Å². The van der Waals surface area contributed by atoms with E-state index in [-0.39, 0.29) is 0 Å². The van der Waals surface area contributed by atoms with Crippen molar-refractivity contribution in [1.82, 2.24) is 9.88 Å². The van der Waals surface area contributed by atoms with Crippen molar-refractivity contribution in [2.45, 2.75) is 25.6 Å². The van der Waals surface area contributed by atoms with E-state index >= 15 is 0 Å². The molecule has 0 aliphatic carbocycles. The van der Waals surface area contributed by atoms with Crippen LogP contribution < -0.4 is 0 Å². The maximum absolute atomic E-state index is 3.71. The van der Waals surface area contributed by atoms with Crippen molar-refractivity contribution in [2.24, 2.45) is 0 Å². The van der Waals surface area contributed by atoms with Gasteiger partial charge in [-0.2, -0.15) is 0 Å². The second-order valence-electron chi connectivity index (χ2n) is 7.57. The van der Waals surface area contributed by atoms with Crippen LogP contribution in [0.3, 0.4) is 0 Å². The van der Waals surface area contributed by atoms with Crippen LogP contribution in [0, 0.1) is 0 Å². The first-order valence-corrected chi connectivity index (χ1v) is 9.96. The topological polar surface area (TPSA) is 19.0 Å². The van der Waals surface area contributed by atoms with E-state index in [1.165, 1.54) is 33.6 Å². The number of hydrogen-bond acceptors (Lipinski definition) is 1. The molecule has 2 heterocycles. The van der Waals surface area contributed by atoms with E-state index < -0.39 is 0 Å². The van der Waals surface area contributed by atoms with E-state index in [0.29, 0.717) is 6.04 Å². The van der Waals surface area contributed by atoms with Crippen LogP contribution in [0.4, 0.5) is 0 Å². The Balaban J connectivity index is 1.47. The molecule has 28 heavy (non-hydrogen) atoms. The molecule has 5 rings (SSSR count). The van der Waals surface area contributed by atoms with Gasteiger partial charge in [-0.3, -0.25) is 4.90 Å². The minimum atomic E-state index is 0.326. The van der Waals surface area contributed by atoms with E-state index in [4.69, 9.17) is 0 Å². The minimum absolute atomic E-state index is 0.326. The molecule has 1 aliphatic rings. The molecule has 2 heteroatoms. The van der Waals surface area contributed by atoms with Gasteiger partial charge in [0, 0.05) is 24.5 Å². The molecular weight excluding hydrogens is 340 g/mol. The molecule has 2 nitrogen and oxygen atoms in total. The van der Waals surface area contributed by atoms with Gasteiger partial charge < -0.3 is 4.98 Å². The van der Waals surface area contributed by atoms with E-state index in [9.17, 15) is 0 Å². The molecule has 0 amide bonds. The number of hydrogen-bond donors (Lipinski definition) is 1. The molecule has 0 bridgehead atoms. The number of benzene rings is 3. The first-order chi connectivity index (χ1) is 13.9. The summed E-state index contributed by atoms with van der Waals surface area (Å²) in [5.74, 6) is 0. The second kappa shape index (κ2) is 7.49. The molecule has 1 aliphatic heterocycles. The summed E-state index contributed by atoms with van der Waals surface area (Å²) in [5.41, 5.74) is 7.99. The summed E-state index contributed by atoms with van der Waals surface area (Å²) in [6.07, 6.45) is 1.00. The van der Waals surface area contributed by atoms with E-state index in [1.54, 1.807) is 0 Å². The van der Waals surface area contributed by atoms with Crippen LogP contribution in [-0.2, 0) is 19.5 Å². The summed E-state index contributed by atoms with van der Waals surface area (Å²) in [6.45, 7) is 2.01. The summed E-state index contributed by atoms with van der Waals surface area (Å²) >= 11 is 0. The summed E-state index contributed by atoms with van der Waals surface area (Å²) < 4.78 is 0. The van der Waals surface area contributed by atoms with E-state index in [0.717, 1.165) is 19.5 Å². The van der Waals surface area contributed by atoms with E-state index in [1.807, 2.05) is 0 Å². The summed E-state index contributed by atoms with van der Waals surface area (Å²) in [5, 5.41) is 0. The molecule has 4 aromatic rings. The van der Waals surface area contributed by atoms with Crippen LogP contribution in [0.25, 0.3) is 11.3 Å². The fraction of sp³-hybridized carbons (Fsp3) is 0.154. The van der Waals surface area contributed by atoms with Crippen molar-refractivity contribution in [2.75, 3.05) is 0 Å². The Kier molecular flexibility index (Phi) is 4.56. The van der Waals surface area contributed by atoms with Gasteiger partial charge in [-0.05, 0) is 40.8 Å². The Hall–Kier alpha value is -3.10. The molecule has 138 valence electrons. The third-order valence-electron chi connectivity index (χ3n) is 5.73. The largest absolute Gasteiger partial charge is 0.357 e. The predicted octanol–water partition coefficient (Wildman–Crippen LogP) is 5.98. The molecule has 1 aromatic heterocycles. The lowest BCUT2D eigenvalue weighted by Crippen LogP contribution is -2.25. The summed E-state index contributed by atoms with van der Waals surface area (Å²) in [4.78, 5) is 6.31. The Labute approximate surface area is 166 Å². The standard InChI is InChI=1S/C26H24N2/c1-3-9-20(10-4-1)17-26(28-18-22-13-7-8-14-23(22)19-28)25-16-15-24(27-25)21-11-5-2-6-12-21/h1-16,26-27H,17-19H2/t26-/m0/s1. The smallest absolute Gasteiger partial charge is 0.0545 e. The van der Waals surface area contributed by atoms with Crippen molar-refractivity contribution in [1.29, 1.82) is 0 Å². The molecule has 3 aromatic carbocycles. The zero-order valence-corrected chi connectivity index (χ0v) is 15.9. The van der Waals surface area contributed by atoms with Gasteiger partial charge in [0.1, 0.15) is 0 Å². The molecule has 0 spiro atoms. The minimum Gasteiger partial charge on any atom is -0.357 e. The summed E-state index contributed by atoms with van der Waals surface area (Å²) in [7, 11) is 0. The molecule has 0 fully saturated rings. The highest BCUT2D eigenvalue weighted by Gasteiger charge is 2.28. The monoisotopic (exact) mass is 364 g/mol. The van der Waals surface area contributed by atoms with Gasteiger partial charge in [0.25, 0.3) is 0 Å². The van der Waals surface area contributed by atoms with Gasteiger partial charge in [0.2, 0.25) is 0 Å². The zero-order valence-electron chi connectivity index (χ0n) is 15.9. The van der Waals surface area contributed by atoms with Gasteiger partial charge in [-0.1, -0.05) is 84.9 Å². The van der Waals surface area contributed by atoms with Crippen molar-refractivity contribution < 1.29 is 0 Å². The first-order valence-electron chi connectivity index (χ1n) is 9.96. The van der Waals surface area contributed by atoms with Crippen LogP contribution in [0.2, 0.25) is 0 Å². The highest BCUT2D eigenvalue weighted by Crippen LogP contribution is 2.34. The number of aromatic amines is 1. The number of nitrogens with zero attached hydrogens (tertiary/aromatic N) is 1. The van der Waals surface area contributed by atoms with Crippen LogP contribution in [0.5, 0.6) is 0 Å². The van der Waals surface area contributed by atoms with Crippen molar-refractivity contribution in [3.8, 4) is 11.3 Å². The molecule has 0 radical (unpaired) electrons. The Morgan fingerprint density at radius 1 is 0.679 bits per heavy atom. The third-order valence-corrected chi connectivity index (χ3v) is 5.73. The normalized spacial score (nSPS) is 14.7. The van der Waals surface area contributed by atoms with Gasteiger partial charge >= 0.3 is 0 Å². The average Bonchev–Trinajstić information content (AvgIpc) is 3.41. The van der Waals surface area contributed by atoms with Crippen molar-refractivity contribution in [3.05, 3.63) is 119 Å². The maximum Gasteiger partial charge on any atom is 0.0545 e. The Morgan fingerprint density at radius 3 is 1.96 bits per heavy atom. The Bertz CT molecular complexity index is 1030. The highest BCUT2D eigenvalue weighted by molar-refractivity contribution is 5.59. The molecule has 1 N–H and O–H groups in total. The quantitative estimate of drug-likeness (QED) is 0.461.